The van der Waals surface area contributed by atoms with Crippen LogP contribution in [0.5, 0.6) is 0 Å². The van der Waals surface area contributed by atoms with Gasteiger partial charge >= 0.3 is 0 Å². The number of rotatable bonds is 2. The molecule has 0 saturated carbocycles. The molecule has 0 fully saturated rings. The third-order valence-electron chi connectivity index (χ3n) is 2.38. The Labute approximate surface area is 103 Å². The van der Waals surface area contributed by atoms with Crippen molar-refractivity contribution in [2.24, 2.45) is 0 Å². The van der Waals surface area contributed by atoms with E-state index in [1.54, 1.807) is 18.2 Å². The predicted molar refractivity (Wildman–Crippen MR) is 69.6 cm³/mol. The Kier molecular flexibility index (Phi) is 3.20. The van der Waals surface area contributed by atoms with E-state index in [9.17, 15) is 4.39 Å². The second-order valence-corrected chi connectivity index (χ2v) is 4.29. The molecule has 0 amide bonds. The third-order valence-corrected chi connectivity index (χ3v) is 3.00. The maximum Gasteiger partial charge on any atom is 0.145 e. The molecule has 0 radical (unpaired) electrons. The summed E-state index contributed by atoms with van der Waals surface area (Å²) < 4.78 is 14.3. The van der Waals surface area contributed by atoms with Crippen LogP contribution in [0.1, 0.15) is 5.56 Å². The van der Waals surface area contributed by atoms with Crippen molar-refractivity contribution in [3.63, 3.8) is 0 Å². The van der Waals surface area contributed by atoms with Gasteiger partial charge in [0, 0.05) is 5.56 Å². The van der Waals surface area contributed by atoms with Gasteiger partial charge in [0.25, 0.3) is 0 Å². The molecule has 0 atom stereocenters. The lowest BCUT2D eigenvalue weighted by molar-refractivity contribution is 0.624. The average Bonchev–Trinajstić information content (AvgIpc) is 2.33. The van der Waals surface area contributed by atoms with Gasteiger partial charge in [0.05, 0.1) is 4.47 Å². The van der Waals surface area contributed by atoms with Crippen molar-refractivity contribution in [3.05, 3.63) is 64.9 Å². The molecule has 2 heteroatoms. The first-order valence-corrected chi connectivity index (χ1v) is 5.68. The predicted octanol–water partition coefficient (Wildman–Crippen LogP) is 4.90. The highest BCUT2D eigenvalue weighted by Crippen LogP contribution is 2.28. The van der Waals surface area contributed by atoms with Crippen LogP contribution in [0.3, 0.4) is 0 Å². The molecule has 0 aliphatic heterocycles. The minimum Gasteiger partial charge on any atom is -0.205 e. The minimum atomic E-state index is -0.233. The molecule has 2 rings (SSSR count). The van der Waals surface area contributed by atoms with Crippen molar-refractivity contribution >= 4 is 22.0 Å². The van der Waals surface area contributed by atoms with Crippen molar-refractivity contribution < 1.29 is 4.39 Å². The molecule has 0 spiro atoms. The van der Waals surface area contributed by atoms with Gasteiger partial charge in [-0.15, -0.1) is 0 Å². The molecule has 0 saturated heterocycles. The van der Waals surface area contributed by atoms with E-state index in [0.29, 0.717) is 10.0 Å². The Hall–Kier alpha value is -1.41. The smallest absolute Gasteiger partial charge is 0.145 e. The van der Waals surface area contributed by atoms with Crippen LogP contribution in [0, 0.1) is 5.82 Å². The van der Waals surface area contributed by atoms with Crippen molar-refractivity contribution in [2.75, 3.05) is 0 Å². The SMILES string of the molecule is C=Cc1cccc(-c2cccc(Br)c2F)c1. The third kappa shape index (κ3) is 2.07. The van der Waals surface area contributed by atoms with Gasteiger partial charge in [-0.25, -0.2) is 4.39 Å². The van der Waals surface area contributed by atoms with Gasteiger partial charge in [0.2, 0.25) is 0 Å². The highest BCUT2D eigenvalue weighted by atomic mass is 79.9. The molecule has 16 heavy (non-hydrogen) atoms. The summed E-state index contributed by atoms with van der Waals surface area (Å²) in [6, 6.07) is 12.9. The van der Waals surface area contributed by atoms with E-state index in [1.807, 2.05) is 30.3 Å². The molecule has 2 aromatic carbocycles. The molecule has 0 bridgehead atoms. The first-order valence-electron chi connectivity index (χ1n) is 4.89. The maximum absolute atomic E-state index is 13.9. The lowest BCUT2D eigenvalue weighted by Crippen LogP contribution is -1.86. The van der Waals surface area contributed by atoms with E-state index in [0.717, 1.165) is 11.1 Å². The van der Waals surface area contributed by atoms with Crippen LogP contribution in [0.4, 0.5) is 4.39 Å². The normalized spacial score (nSPS) is 10.1. The number of hydrogen-bond donors (Lipinski definition) is 0. The number of hydrogen-bond acceptors (Lipinski definition) is 0. The maximum atomic E-state index is 13.9. The van der Waals surface area contributed by atoms with Gasteiger partial charge in [0.15, 0.2) is 0 Å². The molecule has 0 N–H and O–H groups in total. The van der Waals surface area contributed by atoms with E-state index in [1.165, 1.54) is 0 Å². The van der Waals surface area contributed by atoms with Crippen LogP contribution in [0.15, 0.2) is 53.5 Å². The molecule has 80 valence electrons. The molecule has 0 nitrogen and oxygen atoms in total. The van der Waals surface area contributed by atoms with E-state index in [-0.39, 0.29) is 5.82 Å². The van der Waals surface area contributed by atoms with Crippen LogP contribution in [-0.2, 0) is 0 Å². The van der Waals surface area contributed by atoms with Crippen LogP contribution in [0.2, 0.25) is 0 Å². The fourth-order valence-electron chi connectivity index (χ4n) is 1.56. The van der Waals surface area contributed by atoms with Crippen LogP contribution in [0.25, 0.3) is 17.2 Å². The summed E-state index contributed by atoms with van der Waals surface area (Å²) in [6.07, 6.45) is 1.75. The summed E-state index contributed by atoms with van der Waals surface area (Å²) in [5, 5.41) is 0. The van der Waals surface area contributed by atoms with E-state index < -0.39 is 0 Å². The average molecular weight is 277 g/mol. The van der Waals surface area contributed by atoms with Gasteiger partial charge < -0.3 is 0 Å². The van der Waals surface area contributed by atoms with Gasteiger partial charge in [0.1, 0.15) is 5.82 Å². The van der Waals surface area contributed by atoms with Gasteiger partial charge in [-0.3, -0.25) is 0 Å². The summed E-state index contributed by atoms with van der Waals surface area (Å²) in [6.45, 7) is 3.70. The molecular formula is C14H10BrF. The molecule has 0 heterocycles. The summed E-state index contributed by atoms with van der Waals surface area (Å²) in [5.74, 6) is -0.233. The zero-order chi connectivity index (χ0) is 11.5. The van der Waals surface area contributed by atoms with E-state index in [4.69, 9.17) is 0 Å². The van der Waals surface area contributed by atoms with Crippen molar-refractivity contribution in [1.82, 2.24) is 0 Å². The van der Waals surface area contributed by atoms with Crippen LogP contribution >= 0.6 is 15.9 Å². The first-order chi connectivity index (χ1) is 7.72. The van der Waals surface area contributed by atoms with Crippen LogP contribution in [-0.4, -0.2) is 0 Å². The Morgan fingerprint density at radius 3 is 2.62 bits per heavy atom. The van der Waals surface area contributed by atoms with Gasteiger partial charge in [-0.2, -0.15) is 0 Å². The topological polar surface area (TPSA) is 0 Å². The highest BCUT2D eigenvalue weighted by Gasteiger charge is 2.07. The zero-order valence-electron chi connectivity index (χ0n) is 8.58. The zero-order valence-corrected chi connectivity index (χ0v) is 10.2. The summed E-state index contributed by atoms with van der Waals surface area (Å²) in [5.41, 5.74) is 2.44. The molecule has 0 aromatic heterocycles. The second kappa shape index (κ2) is 4.62. The summed E-state index contributed by atoms with van der Waals surface area (Å²) in [4.78, 5) is 0. The standard InChI is InChI=1S/C14H10BrF/c1-2-10-5-3-6-11(9-10)12-7-4-8-13(15)14(12)16/h2-9H,1H2. The lowest BCUT2D eigenvalue weighted by Gasteiger charge is -2.05. The summed E-state index contributed by atoms with van der Waals surface area (Å²) >= 11 is 3.18. The Morgan fingerprint density at radius 2 is 1.88 bits per heavy atom. The van der Waals surface area contributed by atoms with Crippen molar-refractivity contribution in [1.29, 1.82) is 0 Å². The fourth-order valence-corrected chi connectivity index (χ4v) is 1.93. The van der Waals surface area contributed by atoms with Crippen LogP contribution < -0.4 is 0 Å². The summed E-state index contributed by atoms with van der Waals surface area (Å²) in [7, 11) is 0. The highest BCUT2D eigenvalue weighted by molar-refractivity contribution is 9.10. The Bertz CT molecular complexity index is 532. The lowest BCUT2D eigenvalue weighted by atomic mass is 10.0. The molecule has 2 aromatic rings. The second-order valence-electron chi connectivity index (χ2n) is 3.43. The van der Waals surface area contributed by atoms with E-state index in [2.05, 4.69) is 22.5 Å². The first kappa shape index (κ1) is 11.1. The fraction of sp³-hybridized carbons (Fsp3) is 0. The molecule has 0 unspecified atom stereocenters. The molecule has 0 aliphatic rings. The molecular weight excluding hydrogens is 267 g/mol. The van der Waals surface area contributed by atoms with Gasteiger partial charge in [-0.05, 0) is 39.2 Å². The van der Waals surface area contributed by atoms with Crippen molar-refractivity contribution in [3.8, 4) is 11.1 Å². The van der Waals surface area contributed by atoms with Crippen molar-refractivity contribution in [2.45, 2.75) is 0 Å². The molecule has 0 aliphatic carbocycles. The number of benzene rings is 2. The quantitative estimate of drug-likeness (QED) is 0.732. The number of halogens is 2. The van der Waals surface area contributed by atoms with E-state index >= 15 is 0 Å². The largest absolute Gasteiger partial charge is 0.205 e. The van der Waals surface area contributed by atoms with Gasteiger partial charge in [-0.1, -0.05) is 43.0 Å². The minimum absolute atomic E-state index is 0.233. The Balaban J connectivity index is 2.58. The monoisotopic (exact) mass is 276 g/mol. The Morgan fingerprint density at radius 1 is 1.12 bits per heavy atom.